The molecule has 0 amide bonds. The Balaban J connectivity index is 2.61. The second kappa shape index (κ2) is 5.63. The molecule has 2 aromatic rings. The van der Waals surface area contributed by atoms with E-state index >= 15 is 0 Å². The first-order chi connectivity index (χ1) is 9.45. The zero-order chi connectivity index (χ0) is 14.9. The van der Waals surface area contributed by atoms with Gasteiger partial charge in [-0.2, -0.15) is 0 Å². The van der Waals surface area contributed by atoms with Crippen LogP contribution >= 0.6 is 11.6 Å². The lowest BCUT2D eigenvalue weighted by atomic mass is 9.96. The summed E-state index contributed by atoms with van der Waals surface area (Å²) in [4.78, 5) is 12.6. The Morgan fingerprint density at radius 3 is 2.55 bits per heavy atom. The SMILES string of the molecule is COc1cccc(F)c1C(=O)c1cc(C)c(Cl)cc1C. The van der Waals surface area contributed by atoms with Gasteiger partial charge in [0, 0.05) is 10.6 Å². The van der Waals surface area contributed by atoms with Crippen molar-refractivity contribution in [2.45, 2.75) is 13.8 Å². The van der Waals surface area contributed by atoms with Crippen LogP contribution < -0.4 is 4.74 Å². The van der Waals surface area contributed by atoms with E-state index in [0.29, 0.717) is 16.1 Å². The van der Waals surface area contributed by atoms with Crippen LogP contribution in [0.1, 0.15) is 27.0 Å². The second-order valence-electron chi connectivity index (χ2n) is 4.56. The molecular weight excluding hydrogens is 279 g/mol. The maximum Gasteiger partial charge on any atom is 0.200 e. The highest BCUT2D eigenvalue weighted by Gasteiger charge is 2.21. The minimum atomic E-state index is -0.596. The van der Waals surface area contributed by atoms with Gasteiger partial charge >= 0.3 is 0 Å². The van der Waals surface area contributed by atoms with E-state index in [0.717, 1.165) is 5.56 Å². The number of benzene rings is 2. The maximum atomic E-state index is 14.0. The summed E-state index contributed by atoms with van der Waals surface area (Å²) in [6.07, 6.45) is 0. The Labute approximate surface area is 122 Å². The number of carbonyl (C=O) groups is 1. The van der Waals surface area contributed by atoms with Gasteiger partial charge in [0.2, 0.25) is 0 Å². The van der Waals surface area contributed by atoms with E-state index in [2.05, 4.69) is 0 Å². The van der Waals surface area contributed by atoms with Crippen molar-refractivity contribution in [2.75, 3.05) is 7.11 Å². The first kappa shape index (κ1) is 14.5. The first-order valence-corrected chi connectivity index (χ1v) is 6.47. The molecule has 0 radical (unpaired) electrons. The van der Waals surface area contributed by atoms with Crippen LogP contribution in [0, 0.1) is 19.7 Å². The number of ether oxygens (including phenoxy) is 1. The molecule has 0 unspecified atom stereocenters. The molecule has 2 rings (SSSR count). The van der Waals surface area contributed by atoms with Crippen LogP contribution in [-0.2, 0) is 0 Å². The molecule has 20 heavy (non-hydrogen) atoms. The fourth-order valence-corrected chi connectivity index (χ4v) is 2.27. The molecule has 104 valence electrons. The Kier molecular flexibility index (Phi) is 4.09. The highest BCUT2D eigenvalue weighted by molar-refractivity contribution is 6.31. The monoisotopic (exact) mass is 292 g/mol. The average molecular weight is 293 g/mol. The summed E-state index contributed by atoms with van der Waals surface area (Å²) in [5.41, 5.74) is 1.85. The number of aryl methyl sites for hydroxylation is 2. The van der Waals surface area contributed by atoms with Crippen molar-refractivity contribution < 1.29 is 13.9 Å². The third-order valence-electron chi connectivity index (χ3n) is 3.17. The summed E-state index contributed by atoms with van der Waals surface area (Å²) >= 11 is 6.02. The number of hydrogen-bond donors (Lipinski definition) is 0. The van der Waals surface area contributed by atoms with Crippen molar-refractivity contribution in [1.29, 1.82) is 0 Å². The Morgan fingerprint density at radius 1 is 1.20 bits per heavy atom. The van der Waals surface area contributed by atoms with Gasteiger partial charge in [0.15, 0.2) is 5.78 Å². The predicted octanol–water partition coefficient (Wildman–Crippen LogP) is 4.34. The lowest BCUT2D eigenvalue weighted by Gasteiger charge is -2.11. The number of ketones is 1. The van der Waals surface area contributed by atoms with Crippen LogP contribution in [0.5, 0.6) is 5.75 Å². The van der Waals surface area contributed by atoms with E-state index in [-0.39, 0.29) is 11.3 Å². The van der Waals surface area contributed by atoms with Gasteiger partial charge < -0.3 is 4.74 Å². The van der Waals surface area contributed by atoms with Crippen molar-refractivity contribution in [3.63, 3.8) is 0 Å². The van der Waals surface area contributed by atoms with Crippen molar-refractivity contribution in [3.05, 3.63) is 63.4 Å². The summed E-state index contributed by atoms with van der Waals surface area (Å²) in [7, 11) is 1.41. The molecule has 0 saturated heterocycles. The fourth-order valence-electron chi connectivity index (χ4n) is 2.06. The molecule has 0 spiro atoms. The molecule has 0 heterocycles. The van der Waals surface area contributed by atoms with Gasteiger partial charge in [-0.05, 0) is 49.2 Å². The van der Waals surface area contributed by atoms with Crippen LogP contribution in [0.15, 0.2) is 30.3 Å². The predicted molar refractivity (Wildman–Crippen MR) is 77.3 cm³/mol. The number of carbonyl (C=O) groups excluding carboxylic acids is 1. The van der Waals surface area contributed by atoms with Crippen LogP contribution in [0.2, 0.25) is 5.02 Å². The largest absolute Gasteiger partial charge is 0.496 e. The lowest BCUT2D eigenvalue weighted by Crippen LogP contribution is -2.09. The summed E-state index contributed by atoms with van der Waals surface area (Å²) < 4.78 is 19.0. The topological polar surface area (TPSA) is 26.3 Å². The number of hydrogen-bond acceptors (Lipinski definition) is 2. The second-order valence-corrected chi connectivity index (χ2v) is 4.97. The van der Waals surface area contributed by atoms with Gasteiger partial charge in [0.05, 0.1) is 7.11 Å². The van der Waals surface area contributed by atoms with Gasteiger partial charge in [-0.3, -0.25) is 4.79 Å². The molecule has 0 aromatic heterocycles. The molecule has 0 aliphatic carbocycles. The molecule has 0 aliphatic rings. The van der Waals surface area contributed by atoms with Crippen LogP contribution in [-0.4, -0.2) is 12.9 Å². The van der Waals surface area contributed by atoms with Crippen LogP contribution in [0.25, 0.3) is 0 Å². The smallest absolute Gasteiger partial charge is 0.200 e. The van der Waals surface area contributed by atoms with Gasteiger partial charge in [-0.25, -0.2) is 4.39 Å². The van der Waals surface area contributed by atoms with Gasteiger partial charge in [-0.15, -0.1) is 0 Å². The molecule has 0 bridgehead atoms. The van der Waals surface area contributed by atoms with Gasteiger partial charge in [0.25, 0.3) is 0 Å². The first-order valence-electron chi connectivity index (χ1n) is 6.09. The summed E-state index contributed by atoms with van der Waals surface area (Å²) in [5, 5.41) is 0.583. The van der Waals surface area contributed by atoms with Crippen LogP contribution in [0.4, 0.5) is 4.39 Å². The fraction of sp³-hybridized carbons (Fsp3) is 0.188. The molecule has 0 N–H and O–H groups in total. The molecule has 0 atom stereocenters. The zero-order valence-corrected chi connectivity index (χ0v) is 12.2. The zero-order valence-electron chi connectivity index (χ0n) is 11.5. The minimum Gasteiger partial charge on any atom is -0.496 e. The summed E-state index contributed by atoms with van der Waals surface area (Å²) in [5.74, 6) is -0.777. The average Bonchev–Trinajstić information content (AvgIpc) is 2.41. The van der Waals surface area contributed by atoms with E-state index in [1.54, 1.807) is 32.0 Å². The minimum absolute atomic E-state index is 0.0557. The molecular formula is C16H14ClFO2. The molecule has 2 nitrogen and oxygen atoms in total. The Hall–Kier alpha value is -1.87. The summed E-state index contributed by atoms with van der Waals surface area (Å²) in [6.45, 7) is 3.57. The highest BCUT2D eigenvalue weighted by Crippen LogP contribution is 2.28. The quantitative estimate of drug-likeness (QED) is 0.787. The molecule has 4 heteroatoms. The number of rotatable bonds is 3. The van der Waals surface area contributed by atoms with E-state index < -0.39 is 11.6 Å². The van der Waals surface area contributed by atoms with E-state index in [1.807, 2.05) is 0 Å². The Bertz CT molecular complexity index is 680. The molecule has 2 aromatic carbocycles. The highest BCUT2D eigenvalue weighted by atomic mass is 35.5. The molecule has 0 aliphatic heterocycles. The van der Waals surface area contributed by atoms with Crippen molar-refractivity contribution in [3.8, 4) is 5.75 Å². The lowest BCUT2D eigenvalue weighted by molar-refractivity contribution is 0.103. The van der Waals surface area contributed by atoms with E-state index in [9.17, 15) is 9.18 Å². The van der Waals surface area contributed by atoms with E-state index in [4.69, 9.17) is 16.3 Å². The van der Waals surface area contributed by atoms with Crippen molar-refractivity contribution in [2.24, 2.45) is 0 Å². The maximum absolute atomic E-state index is 14.0. The normalized spacial score (nSPS) is 10.4. The number of methoxy groups -OCH3 is 1. The van der Waals surface area contributed by atoms with Crippen molar-refractivity contribution >= 4 is 17.4 Å². The molecule has 0 fully saturated rings. The van der Waals surface area contributed by atoms with E-state index in [1.165, 1.54) is 19.2 Å². The summed E-state index contributed by atoms with van der Waals surface area (Å²) in [6, 6.07) is 7.69. The van der Waals surface area contributed by atoms with Gasteiger partial charge in [-0.1, -0.05) is 17.7 Å². The third kappa shape index (κ3) is 2.54. The van der Waals surface area contributed by atoms with Gasteiger partial charge in [0.1, 0.15) is 17.1 Å². The Morgan fingerprint density at radius 2 is 1.90 bits per heavy atom. The molecule has 0 saturated carbocycles. The third-order valence-corrected chi connectivity index (χ3v) is 3.58. The van der Waals surface area contributed by atoms with Crippen LogP contribution in [0.3, 0.4) is 0 Å². The van der Waals surface area contributed by atoms with Crippen molar-refractivity contribution in [1.82, 2.24) is 0 Å². The standard InChI is InChI=1S/C16H14ClFO2/c1-9-8-12(17)10(2)7-11(9)16(19)15-13(18)5-4-6-14(15)20-3/h4-8H,1-3H3. The number of halogens is 2.